The van der Waals surface area contributed by atoms with E-state index in [-0.39, 0.29) is 16.9 Å². The van der Waals surface area contributed by atoms with E-state index in [2.05, 4.69) is 42.6 Å². The van der Waals surface area contributed by atoms with Crippen LogP contribution in [-0.4, -0.2) is 41.4 Å². The van der Waals surface area contributed by atoms with Gasteiger partial charge >= 0.3 is 3.93 Å². The highest BCUT2D eigenvalue weighted by atomic mass is 127. The maximum absolute atomic E-state index is 13.6. The van der Waals surface area contributed by atoms with Crippen molar-refractivity contribution in [1.82, 2.24) is 15.0 Å². The van der Waals surface area contributed by atoms with E-state index in [9.17, 15) is 8.78 Å². The number of anilines is 1. The number of aryl methyl sites for hydroxylation is 2. The van der Waals surface area contributed by atoms with Crippen molar-refractivity contribution in [2.45, 2.75) is 85.0 Å². The molecule has 0 amide bonds. The molecule has 2 heterocycles. The fourth-order valence-corrected chi connectivity index (χ4v) is 2.99. The number of aromatic nitrogens is 3. The lowest BCUT2D eigenvalue weighted by atomic mass is 10.1. The van der Waals surface area contributed by atoms with E-state index in [1.54, 1.807) is 19.9 Å². The normalized spacial score (nSPS) is 10.3. The van der Waals surface area contributed by atoms with E-state index >= 15 is 0 Å². The van der Waals surface area contributed by atoms with Crippen molar-refractivity contribution in [3.05, 3.63) is 35.4 Å². The average molecular weight is 611 g/mol. The summed E-state index contributed by atoms with van der Waals surface area (Å²) in [5, 5.41) is 0. The largest absolute Gasteiger partial charge is 0.384 e. The maximum Gasteiger partial charge on any atom is 0.322 e. The molecule has 0 aliphatic carbocycles. The lowest BCUT2D eigenvalue weighted by molar-refractivity contribution is 0.128. The second-order valence-corrected chi connectivity index (χ2v) is 8.67. The maximum atomic E-state index is 13.6. The Morgan fingerprint density at radius 3 is 1.69 bits per heavy atom. The first-order valence-corrected chi connectivity index (χ1v) is 13.5. The number of nitrogens with zero attached hydrogens (tertiary/aromatic N) is 3. The first-order chi connectivity index (χ1) is 16.6. The molecule has 202 valence electrons. The smallest absolute Gasteiger partial charge is 0.322 e. The van der Waals surface area contributed by atoms with Gasteiger partial charge in [-0.1, -0.05) is 41.5 Å². The highest BCUT2D eigenvalue weighted by Gasteiger charge is 2.31. The van der Waals surface area contributed by atoms with Gasteiger partial charge in [-0.25, -0.2) is 15.0 Å². The van der Waals surface area contributed by atoms with Crippen LogP contribution in [0.2, 0.25) is 0 Å². The van der Waals surface area contributed by atoms with Crippen molar-refractivity contribution in [3.8, 4) is 11.3 Å². The van der Waals surface area contributed by atoms with Gasteiger partial charge in [0.25, 0.3) is 0 Å². The zero-order valence-corrected chi connectivity index (χ0v) is 24.9. The number of nitrogens with two attached hydrogens (primary N) is 1. The molecule has 9 heteroatoms. The molecule has 0 saturated heterocycles. The lowest BCUT2D eigenvalue weighted by Gasteiger charge is -2.14. The molecule has 0 bridgehead atoms. The number of nitrogen functional groups attached to an aromatic ring is 1. The van der Waals surface area contributed by atoms with Crippen LogP contribution in [0.3, 0.4) is 0 Å². The molecule has 2 N–H and O–H groups in total. The van der Waals surface area contributed by atoms with Gasteiger partial charge in [-0.05, 0) is 51.7 Å². The van der Waals surface area contributed by atoms with E-state index in [0.717, 1.165) is 74.7 Å². The Bertz CT molecular complexity index is 752. The Kier molecular flexibility index (Phi) is 22.2. The minimum absolute atomic E-state index is 0.0533. The number of rotatable bonds is 10. The molecule has 0 radical (unpaired) electrons. The summed E-state index contributed by atoms with van der Waals surface area (Å²) in [5.41, 5.74) is 6.68. The summed E-state index contributed by atoms with van der Waals surface area (Å²) in [6, 6.07) is 2.82. The Balaban J connectivity index is 0. The molecule has 0 atom stereocenters. The Hall–Kier alpha value is -1.46. The number of ether oxygens (including phenoxy) is 2. The van der Waals surface area contributed by atoms with Gasteiger partial charge in [-0.2, -0.15) is 8.78 Å². The molecule has 2 aromatic heterocycles. The van der Waals surface area contributed by atoms with Crippen molar-refractivity contribution in [2.24, 2.45) is 0 Å². The van der Waals surface area contributed by atoms with Gasteiger partial charge in [0.15, 0.2) is 0 Å². The minimum Gasteiger partial charge on any atom is -0.384 e. The molecule has 0 aromatic carbocycles. The fourth-order valence-electron chi connectivity index (χ4n) is 2.55. The van der Waals surface area contributed by atoms with Crippen LogP contribution < -0.4 is 5.73 Å². The second-order valence-electron chi connectivity index (χ2n) is 7.32. The highest BCUT2D eigenvalue weighted by Crippen LogP contribution is 2.40. The van der Waals surface area contributed by atoms with E-state index in [0.29, 0.717) is 17.2 Å². The van der Waals surface area contributed by atoms with E-state index in [4.69, 9.17) is 15.2 Å². The summed E-state index contributed by atoms with van der Waals surface area (Å²) in [4.78, 5) is 12.2. The van der Waals surface area contributed by atoms with Gasteiger partial charge in [0.2, 0.25) is 0 Å². The Labute approximate surface area is 225 Å². The van der Waals surface area contributed by atoms with Crippen LogP contribution in [0.15, 0.2) is 18.3 Å². The van der Waals surface area contributed by atoms with Crippen molar-refractivity contribution in [1.29, 1.82) is 0 Å². The van der Waals surface area contributed by atoms with Crippen molar-refractivity contribution in [3.63, 3.8) is 0 Å². The van der Waals surface area contributed by atoms with Crippen LogP contribution in [0.1, 0.15) is 84.3 Å². The summed E-state index contributed by atoms with van der Waals surface area (Å²) in [6.07, 6.45) is 5.87. The number of hydrogen-bond donors (Lipinski definition) is 1. The van der Waals surface area contributed by atoms with E-state index in [1.807, 2.05) is 13.8 Å². The lowest BCUT2D eigenvalue weighted by Crippen LogP contribution is -2.08. The predicted octanol–water partition coefficient (Wildman–Crippen LogP) is 7.89. The monoisotopic (exact) mass is 610 g/mol. The van der Waals surface area contributed by atoms with Gasteiger partial charge in [0.1, 0.15) is 11.6 Å². The molecular weight excluding hydrogens is 565 g/mol. The van der Waals surface area contributed by atoms with E-state index < -0.39 is 3.93 Å². The summed E-state index contributed by atoms with van der Waals surface area (Å²) in [6.45, 7) is 19.7. The topological polar surface area (TPSA) is 83.2 Å². The Morgan fingerprint density at radius 2 is 1.31 bits per heavy atom. The number of alkyl halides is 3. The SMILES string of the molecule is CC.CCCOCCC.CCCOCCC.Cc1cc(-c2cnc(N)cc2C(F)(F)I)nc(C)n1. The molecule has 0 aliphatic rings. The third-order valence-corrected chi connectivity index (χ3v) is 4.45. The molecule has 0 fully saturated rings. The van der Waals surface area contributed by atoms with Crippen LogP contribution >= 0.6 is 22.6 Å². The predicted molar refractivity (Wildman–Crippen MR) is 151 cm³/mol. The molecule has 0 unspecified atom stereocenters. The van der Waals surface area contributed by atoms with Crippen molar-refractivity contribution in [2.75, 3.05) is 32.2 Å². The molecule has 0 aliphatic heterocycles. The second kappa shape index (κ2) is 21.8. The molecule has 0 spiro atoms. The van der Waals surface area contributed by atoms with Crippen molar-refractivity contribution < 1.29 is 18.3 Å². The summed E-state index contributed by atoms with van der Waals surface area (Å²) < 4.78 is 34.5. The first kappa shape index (κ1) is 35.7. The first-order valence-electron chi connectivity index (χ1n) is 12.4. The van der Waals surface area contributed by atoms with Gasteiger partial charge in [-0.15, -0.1) is 0 Å². The van der Waals surface area contributed by atoms with E-state index in [1.165, 1.54) is 12.3 Å². The minimum atomic E-state index is -3.04. The highest BCUT2D eigenvalue weighted by molar-refractivity contribution is 14.1. The molecule has 2 aromatic rings. The number of hydrogen-bond acceptors (Lipinski definition) is 6. The zero-order valence-electron chi connectivity index (χ0n) is 22.8. The summed E-state index contributed by atoms with van der Waals surface area (Å²) in [5.74, 6) is 0.576. The molecule has 0 saturated carbocycles. The van der Waals surface area contributed by atoms with Crippen LogP contribution in [0, 0.1) is 13.8 Å². The zero-order chi connectivity index (χ0) is 27.3. The van der Waals surface area contributed by atoms with Crippen LogP contribution in [0.4, 0.5) is 14.6 Å². The number of pyridine rings is 1. The van der Waals surface area contributed by atoms with Crippen LogP contribution in [0.5, 0.6) is 0 Å². The van der Waals surface area contributed by atoms with Crippen molar-refractivity contribution >= 4 is 28.4 Å². The van der Waals surface area contributed by atoms with Crippen LogP contribution in [0.25, 0.3) is 11.3 Å². The average Bonchev–Trinajstić information content (AvgIpc) is 2.81. The van der Waals surface area contributed by atoms with Crippen LogP contribution in [-0.2, 0) is 13.4 Å². The molecule has 35 heavy (non-hydrogen) atoms. The summed E-state index contributed by atoms with van der Waals surface area (Å²) >= 11 is 1.07. The van der Waals surface area contributed by atoms with Gasteiger partial charge < -0.3 is 15.2 Å². The molecule has 6 nitrogen and oxygen atoms in total. The standard InChI is InChI=1S/C12H11F2IN4.2C6H14O.C2H6/c1-6-3-10(19-7(2)18-6)8-5-17-11(16)4-9(8)12(13,14)15;2*1-3-5-7-6-4-2;1-2/h3-5H,1-2H3,(H2,16,17);2*3-6H2,1-2H3;1-2H3. The van der Waals surface area contributed by atoms with Gasteiger partial charge in [-0.3, -0.25) is 0 Å². The third kappa shape index (κ3) is 17.6. The quantitative estimate of drug-likeness (QED) is 0.167. The Morgan fingerprint density at radius 1 is 0.857 bits per heavy atom. The summed E-state index contributed by atoms with van der Waals surface area (Å²) in [7, 11) is 0. The molecular formula is C26H45F2IN4O2. The van der Waals surface area contributed by atoms with Gasteiger partial charge in [0, 0.05) is 72.0 Å². The number of halogens is 3. The molecule has 2 rings (SSSR count). The fraction of sp³-hybridized carbons (Fsp3) is 0.654. The third-order valence-electron chi connectivity index (χ3n) is 3.87. The van der Waals surface area contributed by atoms with Gasteiger partial charge in [0.05, 0.1) is 5.69 Å².